The Labute approximate surface area is 158 Å². The van der Waals surface area contributed by atoms with Gasteiger partial charge in [-0.1, -0.05) is 0 Å². The molecule has 0 radical (unpaired) electrons. The molecule has 0 fully saturated rings. The summed E-state index contributed by atoms with van der Waals surface area (Å²) in [6.45, 7) is 0.333. The highest BCUT2D eigenvalue weighted by Gasteiger charge is 2.14. The Morgan fingerprint density at radius 1 is 0.714 bits per heavy atom. The molecule has 2 N–H and O–H groups in total. The van der Waals surface area contributed by atoms with Crippen molar-refractivity contribution in [2.75, 3.05) is 13.6 Å². The molecule has 4 rings (SSSR count). The van der Waals surface area contributed by atoms with E-state index in [1.54, 1.807) is 36.4 Å². The minimum absolute atomic E-state index is 0.166. The maximum Gasteiger partial charge on any atom is 0.331 e. The lowest BCUT2D eigenvalue weighted by Crippen LogP contribution is -2.35. The molecule has 2 aromatic rings. The van der Waals surface area contributed by atoms with Gasteiger partial charge in [-0.05, 0) is 47.5 Å². The first-order valence-electron chi connectivity index (χ1n) is 8.15. The average molecular weight is 382 g/mol. The number of hydrogen-bond donors (Lipinski definition) is 2. The van der Waals surface area contributed by atoms with Crippen molar-refractivity contribution in [3.8, 4) is 23.0 Å². The number of amides is 2. The van der Waals surface area contributed by atoms with Crippen LogP contribution in [0.3, 0.4) is 0 Å². The van der Waals surface area contributed by atoms with Crippen molar-refractivity contribution in [1.29, 1.82) is 0 Å². The number of ether oxygens (including phenoxy) is 4. The second kappa shape index (κ2) is 7.66. The minimum Gasteiger partial charge on any atom is -0.454 e. The third-order valence-corrected chi connectivity index (χ3v) is 3.76. The lowest BCUT2D eigenvalue weighted by Gasteiger charge is -2.00. The summed E-state index contributed by atoms with van der Waals surface area (Å²) >= 11 is 0. The quantitative estimate of drug-likeness (QED) is 0.457. The van der Waals surface area contributed by atoms with Crippen molar-refractivity contribution in [2.24, 2.45) is 10.2 Å². The minimum atomic E-state index is -0.958. The van der Waals surface area contributed by atoms with Crippen LogP contribution in [0, 0.1) is 0 Å². The summed E-state index contributed by atoms with van der Waals surface area (Å²) in [5.41, 5.74) is 5.58. The van der Waals surface area contributed by atoms with Crippen LogP contribution in [0.2, 0.25) is 0 Å². The first-order valence-corrected chi connectivity index (χ1v) is 8.15. The van der Waals surface area contributed by atoms with Crippen molar-refractivity contribution in [2.45, 2.75) is 0 Å². The van der Waals surface area contributed by atoms with E-state index in [0.717, 1.165) is 0 Å². The fraction of sp³-hybridized carbons (Fsp3) is 0.111. The third kappa shape index (κ3) is 3.85. The van der Waals surface area contributed by atoms with Crippen LogP contribution in [0.15, 0.2) is 46.6 Å². The van der Waals surface area contributed by atoms with E-state index in [2.05, 4.69) is 21.1 Å². The number of nitrogens with one attached hydrogen (secondary N) is 2. The van der Waals surface area contributed by atoms with Crippen LogP contribution >= 0.6 is 0 Å². The lowest BCUT2D eigenvalue weighted by molar-refractivity contribution is -0.139. The van der Waals surface area contributed by atoms with Gasteiger partial charge in [0.25, 0.3) is 0 Å². The Hall–Kier alpha value is -4.08. The van der Waals surface area contributed by atoms with E-state index >= 15 is 0 Å². The molecule has 28 heavy (non-hydrogen) atoms. The van der Waals surface area contributed by atoms with Gasteiger partial charge in [-0.15, -0.1) is 0 Å². The van der Waals surface area contributed by atoms with Gasteiger partial charge < -0.3 is 18.9 Å². The van der Waals surface area contributed by atoms with Gasteiger partial charge in [0.2, 0.25) is 13.6 Å². The van der Waals surface area contributed by atoms with Crippen LogP contribution < -0.4 is 29.8 Å². The molecule has 0 bridgehead atoms. The van der Waals surface area contributed by atoms with Crippen molar-refractivity contribution in [3.63, 3.8) is 0 Å². The topological polar surface area (TPSA) is 120 Å². The maximum absolute atomic E-state index is 11.7. The fourth-order valence-electron chi connectivity index (χ4n) is 2.42. The molecule has 10 nitrogen and oxygen atoms in total. The number of hydrazone groups is 2. The molecule has 2 aliphatic heterocycles. The zero-order valence-electron chi connectivity index (χ0n) is 14.4. The molecule has 0 spiro atoms. The van der Waals surface area contributed by atoms with Gasteiger partial charge in [-0.2, -0.15) is 10.2 Å². The van der Waals surface area contributed by atoms with E-state index in [1.165, 1.54) is 12.4 Å². The summed E-state index contributed by atoms with van der Waals surface area (Å²) in [6.07, 6.45) is 2.76. The van der Waals surface area contributed by atoms with Crippen molar-refractivity contribution in [1.82, 2.24) is 10.9 Å². The van der Waals surface area contributed by atoms with Gasteiger partial charge >= 0.3 is 11.8 Å². The van der Waals surface area contributed by atoms with Gasteiger partial charge in [0, 0.05) is 0 Å². The highest BCUT2D eigenvalue weighted by Crippen LogP contribution is 2.32. The zero-order chi connectivity index (χ0) is 19.3. The average Bonchev–Trinajstić information content (AvgIpc) is 3.36. The monoisotopic (exact) mass is 382 g/mol. The molecule has 0 saturated carbocycles. The van der Waals surface area contributed by atoms with Gasteiger partial charge in [0.1, 0.15) is 0 Å². The smallest absolute Gasteiger partial charge is 0.331 e. The molecule has 142 valence electrons. The summed E-state index contributed by atoms with van der Waals surface area (Å²) in [4.78, 5) is 23.4. The zero-order valence-corrected chi connectivity index (χ0v) is 14.4. The van der Waals surface area contributed by atoms with Crippen LogP contribution in [0.5, 0.6) is 23.0 Å². The van der Waals surface area contributed by atoms with E-state index in [9.17, 15) is 9.59 Å². The Balaban J connectivity index is 1.27. The first kappa shape index (κ1) is 17.3. The van der Waals surface area contributed by atoms with E-state index in [1.807, 2.05) is 0 Å². The Morgan fingerprint density at radius 2 is 1.14 bits per heavy atom. The number of hydrogen-bond acceptors (Lipinski definition) is 8. The number of carbonyl (C=O) groups excluding carboxylic acids is 2. The van der Waals surface area contributed by atoms with E-state index < -0.39 is 11.8 Å². The highest BCUT2D eigenvalue weighted by atomic mass is 16.7. The highest BCUT2D eigenvalue weighted by molar-refractivity contribution is 6.35. The maximum atomic E-state index is 11.7. The fourth-order valence-corrected chi connectivity index (χ4v) is 2.42. The van der Waals surface area contributed by atoms with Crippen molar-refractivity contribution >= 4 is 24.2 Å². The normalized spacial score (nSPS) is 13.9. The van der Waals surface area contributed by atoms with E-state index in [4.69, 9.17) is 18.9 Å². The Morgan fingerprint density at radius 3 is 1.61 bits per heavy atom. The Bertz CT molecular complexity index is 909. The van der Waals surface area contributed by atoms with Gasteiger partial charge in [-0.3, -0.25) is 9.59 Å². The predicted octanol–water partition coefficient (Wildman–Crippen LogP) is 0.744. The molecule has 2 heterocycles. The molecule has 2 amide bonds. The molecular weight excluding hydrogens is 368 g/mol. The predicted molar refractivity (Wildman–Crippen MR) is 96.6 cm³/mol. The SMILES string of the molecule is O=C(N/N=C\c1ccc2c(c1)OCO2)C(=O)N/N=C/c1ccc2c(c1)OCO2. The first-order chi connectivity index (χ1) is 13.7. The molecule has 0 atom stereocenters. The number of benzene rings is 2. The van der Waals surface area contributed by atoms with Gasteiger partial charge in [0.15, 0.2) is 23.0 Å². The molecule has 10 heteroatoms. The number of carbonyl (C=O) groups is 2. The van der Waals surface area contributed by atoms with Crippen LogP contribution in [0.1, 0.15) is 11.1 Å². The lowest BCUT2D eigenvalue weighted by atomic mass is 10.2. The molecule has 0 saturated heterocycles. The third-order valence-electron chi connectivity index (χ3n) is 3.76. The second-order valence-electron chi connectivity index (χ2n) is 5.62. The molecular formula is C18H14N4O6. The summed E-state index contributed by atoms with van der Waals surface area (Å²) in [7, 11) is 0. The van der Waals surface area contributed by atoms with Gasteiger partial charge in [-0.25, -0.2) is 10.9 Å². The summed E-state index contributed by atoms with van der Waals surface area (Å²) in [5, 5.41) is 7.46. The second-order valence-corrected chi connectivity index (χ2v) is 5.62. The summed E-state index contributed by atoms with van der Waals surface area (Å²) in [6, 6.07) is 10.3. The largest absolute Gasteiger partial charge is 0.454 e. The number of nitrogens with zero attached hydrogens (tertiary/aromatic N) is 2. The van der Waals surface area contributed by atoms with Gasteiger partial charge in [0.05, 0.1) is 12.4 Å². The molecule has 0 aliphatic carbocycles. The number of fused-ring (bicyclic) bond motifs is 2. The number of rotatable bonds is 4. The van der Waals surface area contributed by atoms with Crippen LogP contribution in [0.4, 0.5) is 0 Å². The summed E-state index contributed by atoms with van der Waals surface area (Å²) in [5.74, 6) is 0.540. The van der Waals surface area contributed by atoms with Crippen LogP contribution in [0.25, 0.3) is 0 Å². The van der Waals surface area contributed by atoms with Crippen molar-refractivity contribution in [3.05, 3.63) is 47.5 Å². The summed E-state index contributed by atoms with van der Waals surface area (Å²) < 4.78 is 20.9. The van der Waals surface area contributed by atoms with Crippen molar-refractivity contribution < 1.29 is 28.5 Å². The molecule has 0 unspecified atom stereocenters. The standard InChI is InChI=1S/C18H14N4O6/c23-17(21-19-7-11-1-3-13-15(5-11)27-9-25-13)18(24)22-20-8-12-2-4-14-16(6-12)28-10-26-14/h1-8H,9-10H2,(H,21,23)(H,22,24)/b19-7-,20-8+. The molecule has 0 aromatic heterocycles. The molecule has 2 aliphatic rings. The van der Waals surface area contributed by atoms with Crippen LogP contribution in [-0.4, -0.2) is 37.8 Å². The van der Waals surface area contributed by atoms with Crippen LogP contribution in [-0.2, 0) is 9.59 Å². The van der Waals surface area contributed by atoms with E-state index in [-0.39, 0.29) is 13.6 Å². The molecule has 2 aromatic carbocycles. The Kier molecular flexibility index (Phi) is 4.74. The van der Waals surface area contributed by atoms with E-state index in [0.29, 0.717) is 34.1 Å².